The van der Waals surface area contributed by atoms with Crippen molar-refractivity contribution in [1.82, 2.24) is 14.4 Å². The van der Waals surface area contributed by atoms with Crippen LogP contribution in [0.3, 0.4) is 0 Å². The normalized spacial score (nSPS) is 11.0. The molecule has 0 atom stereocenters. The molecule has 25 heavy (non-hydrogen) atoms. The molecule has 8 heteroatoms. The van der Waals surface area contributed by atoms with Crippen molar-refractivity contribution in [2.45, 2.75) is 0 Å². The molecule has 1 aromatic carbocycles. The zero-order valence-corrected chi connectivity index (χ0v) is 14.9. The van der Waals surface area contributed by atoms with Crippen molar-refractivity contribution in [2.75, 3.05) is 5.32 Å². The Morgan fingerprint density at radius 3 is 2.84 bits per heavy atom. The lowest BCUT2D eigenvalue weighted by Crippen LogP contribution is -2.11. The molecule has 3 heterocycles. The van der Waals surface area contributed by atoms with Gasteiger partial charge in [-0.3, -0.25) is 9.20 Å². The standard InChI is InChI=1S/C17H10Cl2N4OS/c18-14-8-12(15(19)25-14)16(24)21-11-4-1-3-10(7-11)13-9-23-6-2-5-20-17(23)22-13/h1-9H,(H,21,24). The van der Waals surface area contributed by atoms with E-state index >= 15 is 0 Å². The van der Waals surface area contributed by atoms with Crippen molar-refractivity contribution in [2.24, 2.45) is 0 Å². The molecule has 0 bridgehead atoms. The first-order valence-corrected chi connectivity index (χ1v) is 8.84. The van der Waals surface area contributed by atoms with Crippen LogP contribution in [0, 0.1) is 0 Å². The highest BCUT2D eigenvalue weighted by molar-refractivity contribution is 7.20. The number of carbonyl (C=O) groups excluding carboxylic acids is 1. The van der Waals surface area contributed by atoms with Crippen LogP contribution in [0.25, 0.3) is 17.0 Å². The Kier molecular flexibility index (Phi) is 4.17. The van der Waals surface area contributed by atoms with E-state index in [-0.39, 0.29) is 5.91 Å². The minimum atomic E-state index is -0.304. The second-order valence-electron chi connectivity index (χ2n) is 5.23. The quantitative estimate of drug-likeness (QED) is 0.536. The SMILES string of the molecule is O=C(Nc1cccc(-c2cn3cccnc3n2)c1)c1cc(Cl)sc1Cl. The zero-order chi connectivity index (χ0) is 17.4. The lowest BCUT2D eigenvalue weighted by atomic mass is 10.1. The Hall–Kier alpha value is -2.41. The van der Waals surface area contributed by atoms with Gasteiger partial charge in [-0.1, -0.05) is 35.3 Å². The van der Waals surface area contributed by atoms with Gasteiger partial charge in [0.05, 0.1) is 15.6 Å². The third kappa shape index (κ3) is 3.24. The first-order chi connectivity index (χ1) is 12.1. The average Bonchev–Trinajstić information content (AvgIpc) is 3.18. The predicted octanol–water partition coefficient (Wildman–Crippen LogP) is 5.02. The van der Waals surface area contributed by atoms with Gasteiger partial charge < -0.3 is 5.32 Å². The summed E-state index contributed by atoms with van der Waals surface area (Å²) in [5.41, 5.74) is 2.65. The van der Waals surface area contributed by atoms with Crippen LogP contribution in [0.5, 0.6) is 0 Å². The molecule has 0 radical (unpaired) electrons. The number of nitrogens with zero attached hydrogens (tertiary/aromatic N) is 3. The number of hydrogen-bond donors (Lipinski definition) is 1. The molecule has 4 aromatic rings. The van der Waals surface area contributed by atoms with E-state index in [1.165, 1.54) is 0 Å². The molecule has 124 valence electrons. The number of imidazole rings is 1. The van der Waals surface area contributed by atoms with Crippen LogP contribution in [-0.4, -0.2) is 20.3 Å². The maximum atomic E-state index is 12.4. The van der Waals surface area contributed by atoms with Gasteiger partial charge in [0.25, 0.3) is 5.91 Å². The number of fused-ring (bicyclic) bond motifs is 1. The molecule has 0 aliphatic rings. The first-order valence-electron chi connectivity index (χ1n) is 7.26. The highest BCUT2D eigenvalue weighted by atomic mass is 35.5. The van der Waals surface area contributed by atoms with Crippen LogP contribution >= 0.6 is 34.5 Å². The van der Waals surface area contributed by atoms with Gasteiger partial charge >= 0.3 is 0 Å². The Balaban J connectivity index is 1.63. The number of benzene rings is 1. The fourth-order valence-corrected chi connectivity index (χ4v) is 3.88. The second-order valence-corrected chi connectivity index (χ2v) is 7.51. The highest BCUT2D eigenvalue weighted by Gasteiger charge is 2.15. The number of aromatic nitrogens is 3. The maximum Gasteiger partial charge on any atom is 0.258 e. The molecule has 0 fully saturated rings. The van der Waals surface area contributed by atoms with Gasteiger partial charge in [0, 0.05) is 29.8 Å². The van der Waals surface area contributed by atoms with Gasteiger partial charge in [-0.15, -0.1) is 11.3 Å². The van der Waals surface area contributed by atoms with Crippen LogP contribution in [-0.2, 0) is 0 Å². The van der Waals surface area contributed by atoms with Crippen molar-refractivity contribution < 1.29 is 4.79 Å². The van der Waals surface area contributed by atoms with Gasteiger partial charge in [0.2, 0.25) is 5.78 Å². The summed E-state index contributed by atoms with van der Waals surface area (Å²) in [4.78, 5) is 21.0. The van der Waals surface area contributed by atoms with Crippen molar-refractivity contribution in [1.29, 1.82) is 0 Å². The molecule has 0 saturated heterocycles. The summed E-state index contributed by atoms with van der Waals surface area (Å²) in [6.07, 6.45) is 5.46. The highest BCUT2D eigenvalue weighted by Crippen LogP contribution is 2.32. The minimum Gasteiger partial charge on any atom is -0.322 e. The molecule has 1 amide bonds. The Labute approximate surface area is 156 Å². The summed E-state index contributed by atoms with van der Waals surface area (Å²) in [6, 6.07) is 10.8. The third-order valence-electron chi connectivity index (χ3n) is 3.55. The molecule has 0 aliphatic carbocycles. The summed E-state index contributed by atoms with van der Waals surface area (Å²) in [6.45, 7) is 0. The Bertz CT molecular complexity index is 1060. The third-order valence-corrected chi connectivity index (χ3v) is 5.04. The number of anilines is 1. The molecule has 1 N–H and O–H groups in total. The van der Waals surface area contributed by atoms with Gasteiger partial charge in [-0.2, -0.15) is 0 Å². The summed E-state index contributed by atoms with van der Waals surface area (Å²) >= 11 is 13.1. The lowest BCUT2D eigenvalue weighted by molar-refractivity contribution is 0.102. The number of carbonyl (C=O) groups is 1. The van der Waals surface area contributed by atoms with Crippen molar-refractivity contribution in [3.05, 3.63) is 69.2 Å². The van der Waals surface area contributed by atoms with Crippen LogP contribution in [0.1, 0.15) is 10.4 Å². The summed E-state index contributed by atoms with van der Waals surface area (Å²) < 4.78 is 2.68. The van der Waals surface area contributed by atoms with Crippen LogP contribution in [0.15, 0.2) is 55.0 Å². The zero-order valence-electron chi connectivity index (χ0n) is 12.6. The van der Waals surface area contributed by atoms with Gasteiger partial charge in [-0.25, -0.2) is 9.97 Å². The summed E-state index contributed by atoms with van der Waals surface area (Å²) in [7, 11) is 0. The van der Waals surface area contributed by atoms with E-state index in [2.05, 4.69) is 15.3 Å². The van der Waals surface area contributed by atoms with Crippen molar-refractivity contribution in [3.63, 3.8) is 0 Å². The Morgan fingerprint density at radius 1 is 1.20 bits per heavy atom. The van der Waals surface area contributed by atoms with E-state index in [0.717, 1.165) is 22.6 Å². The molecule has 3 aromatic heterocycles. The molecule has 0 spiro atoms. The van der Waals surface area contributed by atoms with E-state index < -0.39 is 0 Å². The van der Waals surface area contributed by atoms with Crippen molar-refractivity contribution >= 4 is 51.9 Å². The van der Waals surface area contributed by atoms with E-state index in [4.69, 9.17) is 23.2 Å². The number of halogens is 2. The largest absolute Gasteiger partial charge is 0.322 e. The van der Waals surface area contributed by atoms with Gasteiger partial charge in [0.1, 0.15) is 4.34 Å². The molecular formula is C17H10Cl2N4OS. The molecule has 5 nitrogen and oxygen atoms in total. The fraction of sp³-hybridized carbons (Fsp3) is 0. The van der Waals surface area contributed by atoms with Gasteiger partial charge in [-0.05, 0) is 24.3 Å². The topological polar surface area (TPSA) is 59.3 Å². The summed E-state index contributed by atoms with van der Waals surface area (Å²) in [5.74, 6) is 0.314. The molecule has 0 unspecified atom stereocenters. The minimum absolute atomic E-state index is 0.304. The summed E-state index contributed by atoms with van der Waals surface area (Å²) in [5, 5.41) is 2.83. The molecular weight excluding hydrogens is 379 g/mol. The molecule has 0 saturated carbocycles. The second kappa shape index (κ2) is 6.48. The van der Waals surface area contributed by atoms with E-state index in [1.807, 2.05) is 41.1 Å². The maximum absolute atomic E-state index is 12.4. The van der Waals surface area contributed by atoms with E-state index in [0.29, 0.717) is 25.7 Å². The van der Waals surface area contributed by atoms with E-state index in [9.17, 15) is 4.79 Å². The monoisotopic (exact) mass is 388 g/mol. The van der Waals surface area contributed by atoms with Gasteiger partial charge in [0.15, 0.2) is 0 Å². The van der Waals surface area contributed by atoms with Crippen LogP contribution in [0.4, 0.5) is 5.69 Å². The number of thiophene rings is 1. The van der Waals surface area contributed by atoms with Crippen LogP contribution in [0.2, 0.25) is 8.67 Å². The predicted molar refractivity (Wildman–Crippen MR) is 101 cm³/mol. The number of nitrogens with one attached hydrogen (secondary N) is 1. The first kappa shape index (κ1) is 16.1. The van der Waals surface area contributed by atoms with Crippen LogP contribution < -0.4 is 5.32 Å². The average molecular weight is 389 g/mol. The smallest absolute Gasteiger partial charge is 0.258 e. The number of hydrogen-bond acceptors (Lipinski definition) is 4. The lowest BCUT2D eigenvalue weighted by Gasteiger charge is -2.06. The van der Waals surface area contributed by atoms with Crippen molar-refractivity contribution in [3.8, 4) is 11.3 Å². The number of rotatable bonds is 3. The Morgan fingerprint density at radius 2 is 2.08 bits per heavy atom. The molecule has 4 rings (SSSR count). The van der Waals surface area contributed by atoms with E-state index in [1.54, 1.807) is 18.3 Å². The number of amides is 1. The molecule has 0 aliphatic heterocycles. The fourth-order valence-electron chi connectivity index (χ4n) is 2.42.